The van der Waals surface area contributed by atoms with Crippen LogP contribution in [0.15, 0.2) is 29.6 Å². The second-order valence-electron chi connectivity index (χ2n) is 3.15. The Kier molecular flexibility index (Phi) is 2.50. The Morgan fingerprint density at radius 3 is 2.50 bits per heavy atom. The van der Waals surface area contributed by atoms with E-state index in [9.17, 15) is 0 Å². The van der Waals surface area contributed by atoms with Crippen molar-refractivity contribution in [1.29, 1.82) is 0 Å². The molecule has 14 heavy (non-hydrogen) atoms. The summed E-state index contributed by atoms with van der Waals surface area (Å²) in [5, 5.41) is 6.12. The molecule has 0 aliphatic heterocycles. The Morgan fingerprint density at radius 2 is 1.93 bits per heavy atom. The zero-order chi connectivity index (χ0) is 9.97. The minimum absolute atomic E-state index is 0.936. The molecule has 0 radical (unpaired) electrons. The van der Waals surface area contributed by atoms with Gasteiger partial charge in [0.05, 0.1) is 0 Å². The zero-order valence-corrected chi connectivity index (χ0v) is 9.06. The van der Waals surface area contributed by atoms with Crippen LogP contribution in [0.3, 0.4) is 0 Å². The Bertz CT molecular complexity index is 417. The minimum atomic E-state index is 0.936. The van der Waals surface area contributed by atoms with E-state index in [1.807, 2.05) is 12.4 Å². The molecule has 0 aliphatic rings. The molecule has 0 atom stereocenters. The molecular formula is C11H12N2S. The topological polar surface area (TPSA) is 24.9 Å². The Morgan fingerprint density at radius 1 is 1.21 bits per heavy atom. The Labute approximate surface area is 87.6 Å². The number of nitrogens with one attached hydrogen (secondary N) is 1. The van der Waals surface area contributed by atoms with Crippen molar-refractivity contribution in [2.75, 3.05) is 12.4 Å². The predicted octanol–water partition coefficient (Wildman–Crippen LogP) is 3.16. The third-order valence-electron chi connectivity index (χ3n) is 2.06. The second-order valence-corrected chi connectivity index (χ2v) is 4.01. The highest BCUT2D eigenvalue weighted by Crippen LogP contribution is 2.25. The molecule has 72 valence electrons. The monoisotopic (exact) mass is 204 g/mol. The molecule has 3 heteroatoms. The molecule has 1 heterocycles. The summed E-state index contributed by atoms with van der Waals surface area (Å²) in [5.41, 5.74) is 2.46. The van der Waals surface area contributed by atoms with Crippen molar-refractivity contribution in [3.8, 4) is 10.6 Å². The van der Waals surface area contributed by atoms with Crippen LogP contribution in [0.5, 0.6) is 0 Å². The third kappa shape index (κ3) is 1.77. The van der Waals surface area contributed by atoms with Crippen LogP contribution in [0.2, 0.25) is 0 Å². The van der Waals surface area contributed by atoms with Gasteiger partial charge in [-0.15, -0.1) is 11.3 Å². The molecule has 2 rings (SSSR count). The van der Waals surface area contributed by atoms with E-state index in [4.69, 9.17) is 0 Å². The fourth-order valence-corrected chi connectivity index (χ4v) is 2.03. The highest BCUT2D eigenvalue weighted by Gasteiger charge is 2.02. The largest absolute Gasteiger partial charge is 0.372 e. The number of anilines is 1. The molecule has 2 aromatic rings. The smallest absolute Gasteiger partial charge is 0.137 e. The summed E-state index contributed by atoms with van der Waals surface area (Å²) in [6.45, 7) is 2.09. The lowest BCUT2D eigenvalue weighted by Gasteiger charge is -1.96. The molecule has 0 amide bonds. The Balaban J connectivity index is 2.34. The van der Waals surface area contributed by atoms with Crippen LogP contribution in [-0.2, 0) is 0 Å². The number of aromatic nitrogens is 1. The standard InChI is InChI=1S/C11H12N2S/c1-8-3-5-9(6-4-8)11-13-10(12-2)7-14-11/h3-7,12H,1-2H3. The molecule has 1 aromatic heterocycles. The van der Waals surface area contributed by atoms with E-state index < -0.39 is 0 Å². The fourth-order valence-electron chi connectivity index (χ4n) is 1.22. The van der Waals surface area contributed by atoms with E-state index in [0.29, 0.717) is 0 Å². The van der Waals surface area contributed by atoms with Gasteiger partial charge in [-0.3, -0.25) is 0 Å². The SMILES string of the molecule is CNc1csc(-c2ccc(C)cc2)n1. The maximum atomic E-state index is 4.44. The highest BCUT2D eigenvalue weighted by molar-refractivity contribution is 7.13. The van der Waals surface area contributed by atoms with Crippen LogP contribution in [0.25, 0.3) is 10.6 Å². The summed E-state index contributed by atoms with van der Waals surface area (Å²) in [7, 11) is 1.88. The third-order valence-corrected chi connectivity index (χ3v) is 2.95. The molecule has 0 spiro atoms. The number of rotatable bonds is 2. The van der Waals surface area contributed by atoms with Crippen LogP contribution in [0.1, 0.15) is 5.56 Å². The summed E-state index contributed by atoms with van der Waals surface area (Å²) in [6, 6.07) is 8.42. The zero-order valence-electron chi connectivity index (χ0n) is 8.24. The van der Waals surface area contributed by atoms with Crippen LogP contribution in [-0.4, -0.2) is 12.0 Å². The van der Waals surface area contributed by atoms with Crippen LogP contribution < -0.4 is 5.32 Å². The number of thiazole rings is 1. The summed E-state index contributed by atoms with van der Waals surface area (Å²) in [6.07, 6.45) is 0. The number of hydrogen-bond donors (Lipinski definition) is 1. The van der Waals surface area contributed by atoms with Gasteiger partial charge < -0.3 is 5.32 Å². The van der Waals surface area contributed by atoms with E-state index in [2.05, 4.69) is 41.5 Å². The molecule has 0 saturated heterocycles. The second kappa shape index (κ2) is 3.80. The summed E-state index contributed by atoms with van der Waals surface area (Å²) in [4.78, 5) is 4.44. The number of hydrogen-bond acceptors (Lipinski definition) is 3. The van der Waals surface area contributed by atoms with Crippen molar-refractivity contribution in [2.24, 2.45) is 0 Å². The van der Waals surface area contributed by atoms with Gasteiger partial charge in [-0.2, -0.15) is 0 Å². The average Bonchev–Trinajstić information content (AvgIpc) is 2.67. The van der Waals surface area contributed by atoms with Crippen LogP contribution >= 0.6 is 11.3 Å². The Hall–Kier alpha value is -1.35. The van der Waals surface area contributed by atoms with Gasteiger partial charge in [0.1, 0.15) is 10.8 Å². The van der Waals surface area contributed by atoms with E-state index in [0.717, 1.165) is 10.8 Å². The van der Waals surface area contributed by atoms with E-state index in [1.165, 1.54) is 11.1 Å². The van der Waals surface area contributed by atoms with Crippen molar-refractivity contribution < 1.29 is 0 Å². The summed E-state index contributed by atoms with van der Waals surface area (Å²) in [5.74, 6) is 0.936. The molecule has 2 nitrogen and oxygen atoms in total. The highest BCUT2D eigenvalue weighted by atomic mass is 32.1. The first-order chi connectivity index (χ1) is 6.79. The molecule has 0 bridgehead atoms. The number of benzene rings is 1. The van der Waals surface area contributed by atoms with Gasteiger partial charge >= 0.3 is 0 Å². The average molecular weight is 204 g/mol. The molecule has 1 N–H and O–H groups in total. The lowest BCUT2D eigenvalue weighted by Crippen LogP contribution is -1.86. The molecular weight excluding hydrogens is 192 g/mol. The summed E-state index contributed by atoms with van der Waals surface area (Å²) >= 11 is 1.66. The van der Waals surface area contributed by atoms with Crippen LogP contribution in [0.4, 0.5) is 5.82 Å². The van der Waals surface area contributed by atoms with E-state index in [1.54, 1.807) is 11.3 Å². The van der Waals surface area contributed by atoms with Gasteiger partial charge in [0.15, 0.2) is 0 Å². The quantitative estimate of drug-likeness (QED) is 0.812. The first-order valence-electron chi connectivity index (χ1n) is 4.50. The van der Waals surface area contributed by atoms with Crippen LogP contribution in [0, 0.1) is 6.92 Å². The summed E-state index contributed by atoms with van der Waals surface area (Å²) < 4.78 is 0. The van der Waals surface area contributed by atoms with Gasteiger partial charge in [0.2, 0.25) is 0 Å². The molecule has 1 aromatic carbocycles. The predicted molar refractivity (Wildman–Crippen MR) is 61.8 cm³/mol. The van der Waals surface area contributed by atoms with Crippen molar-refractivity contribution in [2.45, 2.75) is 6.92 Å². The van der Waals surface area contributed by atoms with Gasteiger partial charge in [0.25, 0.3) is 0 Å². The number of nitrogens with zero attached hydrogens (tertiary/aromatic N) is 1. The maximum Gasteiger partial charge on any atom is 0.137 e. The fraction of sp³-hybridized carbons (Fsp3) is 0.182. The van der Waals surface area contributed by atoms with Crippen molar-refractivity contribution >= 4 is 17.2 Å². The van der Waals surface area contributed by atoms with Crippen molar-refractivity contribution in [3.05, 3.63) is 35.2 Å². The van der Waals surface area contributed by atoms with Gasteiger partial charge in [-0.1, -0.05) is 29.8 Å². The van der Waals surface area contributed by atoms with E-state index in [-0.39, 0.29) is 0 Å². The molecule has 0 saturated carbocycles. The van der Waals surface area contributed by atoms with Crippen molar-refractivity contribution in [3.63, 3.8) is 0 Å². The van der Waals surface area contributed by atoms with Gasteiger partial charge in [0, 0.05) is 18.0 Å². The van der Waals surface area contributed by atoms with E-state index >= 15 is 0 Å². The van der Waals surface area contributed by atoms with Gasteiger partial charge in [-0.05, 0) is 6.92 Å². The maximum absolute atomic E-state index is 4.44. The van der Waals surface area contributed by atoms with Crippen molar-refractivity contribution in [1.82, 2.24) is 4.98 Å². The minimum Gasteiger partial charge on any atom is -0.372 e. The molecule has 0 aliphatic carbocycles. The molecule has 0 unspecified atom stereocenters. The van der Waals surface area contributed by atoms with Gasteiger partial charge in [-0.25, -0.2) is 4.98 Å². The number of aryl methyl sites for hydroxylation is 1. The first-order valence-corrected chi connectivity index (χ1v) is 5.38. The lowest BCUT2D eigenvalue weighted by atomic mass is 10.2. The first kappa shape index (κ1) is 9.21. The molecule has 0 fully saturated rings. The lowest BCUT2D eigenvalue weighted by molar-refractivity contribution is 1.35. The normalized spacial score (nSPS) is 10.1.